The Kier molecular flexibility index (Phi) is 4.12. The molecular weight excluding hydrogens is 264 g/mol. The standard InChI is InChI=1S/C14H15F2N3O/c1-3-11-14(17-12(20)4-2)13(19-18-11)8-5-6-9(15)10(16)7-8/h5-7H,3-4H2,1-2H3,(H,17,20)(H,18,19). The molecule has 2 N–H and O–H groups in total. The van der Waals surface area contributed by atoms with Crippen LogP contribution < -0.4 is 5.32 Å². The smallest absolute Gasteiger partial charge is 0.224 e. The number of rotatable bonds is 4. The van der Waals surface area contributed by atoms with E-state index in [4.69, 9.17) is 0 Å². The summed E-state index contributed by atoms with van der Waals surface area (Å²) in [6.07, 6.45) is 0.960. The van der Waals surface area contributed by atoms with E-state index in [0.29, 0.717) is 29.8 Å². The fraction of sp³-hybridized carbons (Fsp3) is 0.286. The van der Waals surface area contributed by atoms with Gasteiger partial charge in [-0.1, -0.05) is 13.8 Å². The maximum atomic E-state index is 13.3. The quantitative estimate of drug-likeness (QED) is 0.902. The van der Waals surface area contributed by atoms with Gasteiger partial charge in [-0.25, -0.2) is 8.78 Å². The van der Waals surface area contributed by atoms with Gasteiger partial charge >= 0.3 is 0 Å². The number of nitrogens with zero attached hydrogens (tertiary/aromatic N) is 1. The van der Waals surface area contributed by atoms with E-state index in [9.17, 15) is 13.6 Å². The summed E-state index contributed by atoms with van der Waals surface area (Å²) in [5, 5.41) is 9.64. The van der Waals surface area contributed by atoms with Gasteiger partial charge in [0.2, 0.25) is 5.91 Å². The minimum absolute atomic E-state index is 0.162. The number of nitrogens with one attached hydrogen (secondary N) is 2. The Morgan fingerprint density at radius 3 is 2.65 bits per heavy atom. The molecule has 0 aliphatic heterocycles. The number of H-pyrrole nitrogens is 1. The molecule has 106 valence electrons. The molecule has 20 heavy (non-hydrogen) atoms. The summed E-state index contributed by atoms with van der Waals surface area (Å²) in [5.41, 5.74) is 2.07. The highest BCUT2D eigenvalue weighted by atomic mass is 19.2. The number of aromatic nitrogens is 2. The molecule has 1 heterocycles. The van der Waals surface area contributed by atoms with Gasteiger partial charge in [0.15, 0.2) is 11.6 Å². The van der Waals surface area contributed by atoms with Crippen LogP contribution in [0.25, 0.3) is 11.3 Å². The second kappa shape index (κ2) is 5.81. The van der Waals surface area contributed by atoms with E-state index in [1.54, 1.807) is 6.92 Å². The zero-order valence-electron chi connectivity index (χ0n) is 11.3. The number of aryl methyl sites for hydroxylation is 1. The van der Waals surface area contributed by atoms with Crippen molar-refractivity contribution in [1.82, 2.24) is 10.2 Å². The molecule has 0 radical (unpaired) electrons. The molecule has 4 nitrogen and oxygen atoms in total. The number of hydrogen-bond donors (Lipinski definition) is 2. The van der Waals surface area contributed by atoms with Crippen LogP contribution in [0.5, 0.6) is 0 Å². The molecule has 0 aliphatic carbocycles. The van der Waals surface area contributed by atoms with Crippen LogP contribution in [0.15, 0.2) is 18.2 Å². The molecule has 0 saturated carbocycles. The highest BCUT2D eigenvalue weighted by molar-refractivity contribution is 5.95. The summed E-state index contributed by atoms with van der Waals surface area (Å²) in [7, 11) is 0. The molecular formula is C14H15F2N3O. The zero-order chi connectivity index (χ0) is 14.7. The van der Waals surface area contributed by atoms with Gasteiger partial charge in [0, 0.05) is 12.0 Å². The number of amides is 1. The Morgan fingerprint density at radius 2 is 2.05 bits per heavy atom. The molecule has 1 amide bonds. The lowest BCUT2D eigenvalue weighted by Crippen LogP contribution is -2.11. The summed E-state index contributed by atoms with van der Waals surface area (Å²) in [5.74, 6) is -2.03. The fourth-order valence-electron chi connectivity index (χ4n) is 1.85. The Hall–Kier alpha value is -2.24. The van der Waals surface area contributed by atoms with Crippen molar-refractivity contribution < 1.29 is 13.6 Å². The fourth-order valence-corrected chi connectivity index (χ4v) is 1.85. The van der Waals surface area contributed by atoms with Crippen molar-refractivity contribution in [1.29, 1.82) is 0 Å². The highest BCUT2D eigenvalue weighted by Crippen LogP contribution is 2.30. The number of carbonyl (C=O) groups excluding carboxylic acids is 1. The number of halogens is 2. The van der Waals surface area contributed by atoms with E-state index in [-0.39, 0.29) is 5.91 Å². The predicted octanol–water partition coefficient (Wildman–Crippen LogP) is 3.27. The molecule has 1 aromatic heterocycles. The molecule has 0 atom stereocenters. The van der Waals surface area contributed by atoms with E-state index >= 15 is 0 Å². The normalized spacial score (nSPS) is 10.6. The Bertz CT molecular complexity index is 637. The zero-order valence-corrected chi connectivity index (χ0v) is 11.3. The van der Waals surface area contributed by atoms with Gasteiger partial charge in [-0.2, -0.15) is 5.10 Å². The molecule has 6 heteroatoms. The summed E-state index contributed by atoms with van der Waals surface area (Å²) >= 11 is 0. The third-order valence-electron chi connectivity index (χ3n) is 2.97. The topological polar surface area (TPSA) is 57.8 Å². The average molecular weight is 279 g/mol. The molecule has 2 rings (SSSR count). The molecule has 0 unspecified atom stereocenters. The highest BCUT2D eigenvalue weighted by Gasteiger charge is 2.17. The maximum Gasteiger partial charge on any atom is 0.224 e. The number of hydrogen-bond acceptors (Lipinski definition) is 2. The third-order valence-corrected chi connectivity index (χ3v) is 2.97. The Morgan fingerprint density at radius 1 is 1.30 bits per heavy atom. The van der Waals surface area contributed by atoms with Crippen molar-refractivity contribution in [2.24, 2.45) is 0 Å². The summed E-state index contributed by atoms with van der Waals surface area (Å²) in [4.78, 5) is 11.6. The maximum absolute atomic E-state index is 13.3. The van der Waals surface area contributed by atoms with E-state index in [1.165, 1.54) is 6.07 Å². The van der Waals surface area contributed by atoms with Gasteiger partial charge in [0.25, 0.3) is 0 Å². The number of anilines is 1. The van der Waals surface area contributed by atoms with Crippen molar-refractivity contribution in [2.75, 3.05) is 5.32 Å². The van der Waals surface area contributed by atoms with Crippen LogP contribution in [-0.4, -0.2) is 16.1 Å². The van der Waals surface area contributed by atoms with Gasteiger partial charge in [-0.15, -0.1) is 0 Å². The molecule has 0 fully saturated rings. The van der Waals surface area contributed by atoms with E-state index in [2.05, 4.69) is 15.5 Å². The first-order valence-corrected chi connectivity index (χ1v) is 6.39. The van der Waals surface area contributed by atoms with Gasteiger partial charge in [0.1, 0.15) is 5.69 Å². The SMILES string of the molecule is CCC(=O)Nc1c(-c2ccc(F)c(F)c2)n[nH]c1CC. The van der Waals surface area contributed by atoms with Crippen LogP contribution in [0, 0.1) is 11.6 Å². The second-order valence-corrected chi connectivity index (χ2v) is 4.31. The Labute approximate surface area is 115 Å². The van der Waals surface area contributed by atoms with E-state index in [0.717, 1.165) is 17.8 Å². The van der Waals surface area contributed by atoms with Crippen LogP contribution >= 0.6 is 0 Å². The Balaban J connectivity index is 2.47. The molecule has 1 aromatic carbocycles. The summed E-state index contributed by atoms with van der Waals surface area (Å²) < 4.78 is 26.3. The van der Waals surface area contributed by atoms with Crippen molar-refractivity contribution in [3.63, 3.8) is 0 Å². The molecule has 0 saturated heterocycles. The molecule has 0 bridgehead atoms. The van der Waals surface area contributed by atoms with Crippen molar-refractivity contribution >= 4 is 11.6 Å². The van der Waals surface area contributed by atoms with Gasteiger partial charge < -0.3 is 5.32 Å². The number of carbonyl (C=O) groups is 1. The van der Waals surface area contributed by atoms with Gasteiger partial charge in [-0.05, 0) is 24.6 Å². The number of benzene rings is 1. The first-order chi connectivity index (χ1) is 9.56. The largest absolute Gasteiger partial charge is 0.323 e. The molecule has 2 aromatic rings. The minimum atomic E-state index is -0.948. The lowest BCUT2D eigenvalue weighted by Gasteiger charge is -2.07. The van der Waals surface area contributed by atoms with E-state index < -0.39 is 11.6 Å². The van der Waals surface area contributed by atoms with Crippen LogP contribution in [0.3, 0.4) is 0 Å². The predicted molar refractivity (Wildman–Crippen MR) is 72.2 cm³/mol. The van der Waals surface area contributed by atoms with Gasteiger partial charge in [0.05, 0.1) is 11.4 Å². The lowest BCUT2D eigenvalue weighted by molar-refractivity contribution is -0.115. The first kappa shape index (κ1) is 14.2. The first-order valence-electron chi connectivity index (χ1n) is 6.39. The third kappa shape index (κ3) is 2.68. The van der Waals surface area contributed by atoms with Crippen molar-refractivity contribution in [3.8, 4) is 11.3 Å². The lowest BCUT2D eigenvalue weighted by atomic mass is 10.1. The van der Waals surface area contributed by atoms with Crippen LogP contribution in [0.4, 0.5) is 14.5 Å². The van der Waals surface area contributed by atoms with Gasteiger partial charge in [-0.3, -0.25) is 9.89 Å². The minimum Gasteiger partial charge on any atom is -0.323 e. The van der Waals surface area contributed by atoms with Crippen molar-refractivity contribution in [3.05, 3.63) is 35.5 Å². The second-order valence-electron chi connectivity index (χ2n) is 4.31. The summed E-state index contributed by atoms with van der Waals surface area (Å²) in [6.45, 7) is 3.64. The molecule has 0 spiro atoms. The number of aromatic amines is 1. The van der Waals surface area contributed by atoms with Crippen LogP contribution in [-0.2, 0) is 11.2 Å². The average Bonchev–Trinajstić information content (AvgIpc) is 2.84. The summed E-state index contributed by atoms with van der Waals surface area (Å²) in [6, 6.07) is 3.53. The van der Waals surface area contributed by atoms with Crippen LogP contribution in [0.1, 0.15) is 26.0 Å². The van der Waals surface area contributed by atoms with Crippen molar-refractivity contribution in [2.45, 2.75) is 26.7 Å². The molecule has 0 aliphatic rings. The monoisotopic (exact) mass is 279 g/mol. The van der Waals surface area contributed by atoms with Crippen LogP contribution in [0.2, 0.25) is 0 Å². The van der Waals surface area contributed by atoms with E-state index in [1.807, 2.05) is 6.92 Å².